The summed E-state index contributed by atoms with van der Waals surface area (Å²) in [5.41, 5.74) is 0. The molecule has 1 aliphatic carbocycles. The Morgan fingerprint density at radius 1 is 0.750 bits per heavy atom. The number of hydrogen-bond donors (Lipinski definition) is 1. The third-order valence-corrected chi connectivity index (χ3v) is 5.15. The summed E-state index contributed by atoms with van der Waals surface area (Å²) in [7, 11) is 0. The molecule has 20 heavy (non-hydrogen) atoms. The van der Waals surface area contributed by atoms with Crippen molar-refractivity contribution in [3.8, 4) is 0 Å². The summed E-state index contributed by atoms with van der Waals surface area (Å²) in [5, 5.41) is 3.60. The van der Waals surface area contributed by atoms with E-state index in [1.54, 1.807) is 0 Å². The van der Waals surface area contributed by atoms with Crippen molar-refractivity contribution in [2.75, 3.05) is 13.1 Å². The predicted molar refractivity (Wildman–Crippen MR) is 91.2 cm³/mol. The minimum absolute atomic E-state index is 0.970. The zero-order valence-corrected chi connectivity index (χ0v) is 14.3. The lowest BCUT2D eigenvalue weighted by Gasteiger charge is -2.25. The molecular formula is C19H39N. The van der Waals surface area contributed by atoms with Crippen molar-refractivity contribution in [3.63, 3.8) is 0 Å². The van der Waals surface area contributed by atoms with E-state index in [1.807, 2.05) is 0 Å². The molecule has 0 spiro atoms. The molecule has 0 aliphatic heterocycles. The van der Waals surface area contributed by atoms with Gasteiger partial charge in [0.25, 0.3) is 0 Å². The molecule has 0 aromatic heterocycles. The van der Waals surface area contributed by atoms with Crippen LogP contribution in [0.4, 0.5) is 0 Å². The molecule has 1 aliphatic rings. The summed E-state index contributed by atoms with van der Waals surface area (Å²) in [6.07, 6.45) is 19.1. The smallest absolute Gasteiger partial charge is 0.00180 e. The van der Waals surface area contributed by atoms with Gasteiger partial charge in [-0.25, -0.2) is 0 Å². The van der Waals surface area contributed by atoms with E-state index in [0.29, 0.717) is 0 Å². The molecular weight excluding hydrogens is 242 g/mol. The zero-order valence-electron chi connectivity index (χ0n) is 14.3. The van der Waals surface area contributed by atoms with Crippen LogP contribution in [0.1, 0.15) is 97.3 Å². The van der Waals surface area contributed by atoms with Crippen molar-refractivity contribution in [3.05, 3.63) is 0 Å². The monoisotopic (exact) mass is 281 g/mol. The fourth-order valence-corrected chi connectivity index (χ4v) is 3.80. The summed E-state index contributed by atoms with van der Waals surface area (Å²) in [6, 6.07) is 0. The number of rotatable bonds is 11. The quantitative estimate of drug-likeness (QED) is 0.365. The first-order valence-electron chi connectivity index (χ1n) is 9.59. The Morgan fingerprint density at radius 2 is 1.40 bits per heavy atom. The van der Waals surface area contributed by atoms with E-state index in [4.69, 9.17) is 0 Å². The lowest BCUT2D eigenvalue weighted by atomic mass is 9.84. The normalized spacial score (nSPS) is 23.7. The van der Waals surface area contributed by atoms with Crippen LogP contribution in [-0.4, -0.2) is 13.1 Å². The minimum atomic E-state index is 0.970. The van der Waals surface area contributed by atoms with Crippen molar-refractivity contribution >= 4 is 0 Å². The molecule has 1 fully saturated rings. The summed E-state index contributed by atoms with van der Waals surface area (Å²) in [4.78, 5) is 0. The second kappa shape index (κ2) is 12.7. The average molecular weight is 282 g/mol. The van der Waals surface area contributed by atoms with Gasteiger partial charge >= 0.3 is 0 Å². The van der Waals surface area contributed by atoms with Crippen LogP contribution in [0.5, 0.6) is 0 Å². The van der Waals surface area contributed by atoms with Crippen molar-refractivity contribution in [1.82, 2.24) is 5.32 Å². The first kappa shape index (κ1) is 18.0. The zero-order chi connectivity index (χ0) is 14.5. The lowest BCUT2D eigenvalue weighted by molar-refractivity contribution is 0.277. The van der Waals surface area contributed by atoms with Gasteiger partial charge in [-0.2, -0.15) is 0 Å². The molecule has 120 valence electrons. The van der Waals surface area contributed by atoms with E-state index >= 15 is 0 Å². The van der Waals surface area contributed by atoms with E-state index in [-0.39, 0.29) is 0 Å². The maximum absolute atomic E-state index is 3.60. The number of hydrogen-bond acceptors (Lipinski definition) is 1. The molecule has 1 rings (SSSR count). The van der Waals surface area contributed by atoms with Crippen molar-refractivity contribution < 1.29 is 0 Å². The van der Waals surface area contributed by atoms with Gasteiger partial charge in [-0.3, -0.25) is 0 Å². The summed E-state index contributed by atoms with van der Waals surface area (Å²) in [5.74, 6) is 1.99. The maximum Gasteiger partial charge on any atom is -0.00180 e. The van der Waals surface area contributed by atoms with E-state index in [9.17, 15) is 0 Å². The summed E-state index contributed by atoms with van der Waals surface area (Å²) >= 11 is 0. The Kier molecular flexibility index (Phi) is 11.4. The van der Waals surface area contributed by atoms with Gasteiger partial charge in [-0.05, 0) is 31.3 Å². The summed E-state index contributed by atoms with van der Waals surface area (Å²) < 4.78 is 0. The van der Waals surface area contributed by atoms with Crippen LogP contribution in [-0.2, 0) is 0 Å². The summed E-state index contributed by atoms with van der Waals surface area (Å²) in [6.45, 7) is 6.96. The average Bonchev–Trinajstić information content (AvgIpc) is 2.69. The number of nitrogens with one attached hydrogen (secondary N) is 1. The molecule has 1 N–H and O–H groups in total. The van der Waals surface area contributed by atoms with E-state index in [1.165, 1.54) is 90.0 Å². The molecule has 0 aromatic carbocycles. The fraction of sp³-hybridized carbons (Fsp3) is 1.00. The van der Waals surface area contributed by atoms with Crippen LogP contribution in [0.2, 0.25) is 0 Å². The van der Waals surface area contributed by atoms with Gasteiger partial charge in [0.2, 0.25) is 0 Å². The first-order valence-corrected chi connectivity index (χ1v) is 9.59. The second-order valence-electron chi connectivity index (χ2n) is 6.88. The van der Waals surface area contributed by atoms with Gasteiger partial charge < -0.3 is 5.32 Å². The lowest BCUT2D eigenvalue weighted by Crippen LogP contribution is -2.27. The van der Waals surface area contributed by atoms with Crippen molar-refractivity contribution in [1.29, 1.82) is 0 Å². The first-order chi connectivity index (χ1) is 9.88. The van der Waals surface area contributed by atoms with Gasteiger partial charge in [0.15, 0.2) is 0 Å². The molecule has 0 saturated heterocycles. The van der Waals surface area contributed by atoms with Crippen LogP contribution in [0.15, 0.2) is 0 Å². The third kappa shape index (κ3) is 8.29. The second-order valence-corrected chi connectivity index (χ2v) is 6.88. The predicted octanol–water partition coefficient (Wildman–Crippen LogP) is 5.93. The minimum Gasteiger partial charge on any atom is -0.317 e. The van der Waals surface area contributed by atoms with Crippen LogP contribution in [0.3, 0.4) is 0 Å². The van der Waals surface area contributed by atoms with E-state index in [0.717, 1.165) is 18.4 Å². The van der Waals surface area contributed by atoms with Crippen molar-refractivity contribution in [2.45, 2.75) is 97.3 Å². The maximum atomic E-state index is 3.60. The van der Waals surface area contributed by atoms with Gasteiger partial charge in [-0.15, -0.1) is 0 Å². The molecule has 2 unspecified atom stereocenters. The molecule has 1 saturated carbocycles. The molecule has 0 bridgehead atoms. The fourth-order valence-electron chi connectivity index (χ4n) is 3.80. The van der Waals surface area contributed by atoms with Crippen LogP contribution in [0, 0.1) is 11.8 Å². The number of unbranched alkanes of at least 4 members (excludes halogenated alkanes) is 6. The molecule has 1 nitrogen and oxygen atoms in total. The third-order valence-electron chi connectivity index (χ3n) is 5.15. The highest BCUT2D eigenvalue weighted by atomic mass is 14.8. The Balaban J connectivity index is 2.13. The standard InChI is InChI=1S/C19H39N/c1-3-5-6-7-8-9-11-14-18-15-12-10-13-16-19(18)17-20-4-2/h18-20H,3-17H2,1-2H3. The highest BCUT2D eigenvalue weighted by Crippen LogP contribution is 2.32. The Hall–Kier alpha value is -0.0400. The molecule has 1 heteroatoms. The largest absolute Gasteiger partial charge is 0.317 e. The van der Waals surface area contributed by atoms with Crippen LogP contribution < -0.4 is 5.32 Å². The molecule has 0 amide bonds. The Bertz CT molecular complexity index is 202. The highest BCUT2D eigenvalue weighted by Gasteiger charge is 2.22. The molecule has 0 radical (unpaired) electrons. The van der Waals surface area contributed by atoms with Gasteiger partial charge in [0.1, 0.15) is 0 Å². The van der Waals surface area contributed by atoms with Gasteiger partial charge in [0.05, 0.1) is 0 Å². The van der Waals surface area contributed by atoms with Crippen molar-refractivity contribution in [2.24, 2.45) is 11.8 Å². The topological polar surface area (TPSA) is 12.0 Å². The van der Waals surface area contributed by atoms with Crippen LogP contribution in [0.25, 0.3) is 0 Å². The SMILES string of the molecule is CCCCCCCCCC1CCCCCC1CNCC. The Morgan fingerprint density at radius 3 is 2.10 bits per heavy atom. The van der Waals surface area contributed by atoms with E-state index < -0.39 is 0 Å². The highest BCUT2D eigenvalue weighted by molar-refractivity contribution is 4.75. The van der Waals surface area contributed by atoms with Gasteiger partial charge in [-0.1, -0.05) is 90.9 Å². The van der Waals surface area contributed by atoms with E-state index in [2.05, 4.69) is 19.2 Å². The Labute approximate surface area is 128 Å². The molecule has 0 aromatic rings. The molecule has 2 atom stereocenters. The van der Waals surface area contributed by atoms with Crippen LogP contribution >= 0.6 is 0 Å². The molecule has 0 heterocycles. The van der Waals surface area contributed by atoms with Gasteiger partial charge in [0, 0.05) is 0 Å².